The predicted molar refractivity (Wildman–Crippen MR) is 89.5 cm³/mol. The molecule has 1 aliphatic rings. The second-order valence-corrected chi connectivity index (χ2v) is 8.28. The van der Waals surface area contributed by atoms with Crippen LogP contribution in [0, 0.1) is 0 Å². The molecule has 3 heterocycles. The van der Waals surface area contributed by atoms with Crippen LogP contribution in [0.3, 0.4) is 0 Å². The van der Waals surface area contributed by atoms with Crippen molar-refractivity contribution >= 4 is 32.8 Å². The van der Waals surface area contributed by atoms with Crippen LogP contribution in [0.4, 0.5) is 5.95 Å². The number of aromatic amines is 1. The Balaban J connectivity index is 1.97. The first-order valence-electron chi connectivity index (χ1n) is 7.30. The van der Waals surface area contributed by atoms with E-state index in [9.17, 15) is 23.9 Å². The number of H-pyrrole nitrogens is 1. The lowest BCUT2D eigenvalue weighted by Crippen LogP contribution is -2.30. The van der Waals surface area contributed by atoms with E-state index in [1.54, 1.807) is 0 Å². The van der Waals surface area contributed by atoms with Gasteiger partial charge in [0.05, 0.1) is 6.33 Å². The Labute approximate surface area is 158 Å². The van der Waals surface area contributed by atoms with Gasteiger partial charge < -0.3 is 30.3 Å². The number of nitrogen functional groups attached to an aromatic ring is 1. The van der Waals surface area contributed by atoms with E-state index in [1.807, 2.05) is 0 Å². The molecule has 0 saturated carbocycles. The summed E-state index contributed by atoms with van der Waals surface area (Å²) in [5, 5.41) is 13.6. The number of imidazole rings is 1. The first kappa shape index (κ1) is 21.4. The zero-order valence-electron chi connectivity index (χ0n) is 13.8. The second kappa shape index (κ2) is 7.47. The third-order valence-corrected chi connectivity index (χ3v) is 5.70. The maximum atomic E-state index is 11.9. The Bertz CT molecular complexity index is 1140. The fourth-order valence-corrected chi connectivity index (χ4v) is 4.21. The molecule has 1 fully saturated rings. The molecular weight excluding hydrogens is 442 g/mol. The summed E-state index contributed by atoms with van der Waals surface area (Å²) in [5.41, 5.74) is 13.1. The molecule has 1 saturated heterocycles. The highest BCUT2D eigenvalue weighted by atomic mass is 31.3. The molecule has 0 amide bonds. The highest BCUT2D eigenvalue weighted by Crippen LogP contribution is 2.59. The number of hydrogen-bond donors (Lipinski definition) is 6. The molecule has 18 nitrogen and oxygen atoms in total. The summed E-state index contributed by atoms with van der Waals surface area (Å²) in [6, 6.07) is -1.66. The van der Waals surface area contributed by atoms with Gasteiger partial charge in [-0.2, -0.15) is 9.29 Å². The smallest absolute Gasteiger partial charge is 0.388 e. The Morgan fingerprint density at radius 3 is 2.72 bits per heavy atom. The van der Waals surface area contributed by atoms with E-state index in [0.717, 1.165) is 10.9 Å². The fraction of sp³-hybridized carbons (Fsp3) is 0.444. The van der Waals surface area contributed by atoms with Crippen molar-refractivity contribution in [1.29, 1.82) is 0 Å². The van der Waals surface area contributed by atoms with Gasteiger partial charge in [0, 0.05) is 4.91 Å². The summed E-state index contributed by atoms with van der Waals surface area (Å²) in [6.07, 6.45) is -4.19. The van der Waals surface area contributed by atoms with Crippen molar-refractivity contribution in [3.05, 3.63) is 27.1 Å². The number of aromatic nitrogens is 4. The number of azide groups is 1. The first-order chi connectivity index (χ1) is 13.4. The monoisotopic (exact) mass is 454 g/mol. The molecule has 0 radical (unpaired) electrons. The van der Waals surface area contributed by atoms with E-state index in [2.05, 4.69) is 33.8 Å². The first-order valence-corrected chi connectivity index (χ1v) is 10.3. The lowest BCUT2D eigenvalue weighted by atomic mass is 10.2. The molecule has 1 unspecified atom stereocenters. The molecule has 158 valence electrons. The van der Waals surface area contributed by atoms with Crippen LogP contribution in [0.5, 0.6) is 0 Å². The number of nitrogens with zero attached hydrogens (tertiary/aromatic N) is 6. The number of nitrogens with two attached hydrogens (primary N) is 1. The van der Waals surface area contributed by atoms with Crippen LogP contribution in [-0.2, 0) is 22.7 Å². The van der Waals surface area contributed by atoms with Gasteiger partial charge in [0.2, 0.25) is 5.95 Å². The van der Waals surface area contributed by atoms with E-state index >= 15 is 0 Å². The van der Waals surface area contributed by atoms with Crippen molar-refractivity contribution < 1.29 is 42.5 Å². The third-order valence-electron chi connectivity index (χ3n) is 3.55. The topological polar surface area (TPSA) is 281 Å². The molecule has 5 atom stereocenters. The number of nitrogens with one attached hydrogen (secondary N) is 1. The Morgan fingerprint density at radius 1 is 1.41 bits per heavy atom. The maximum Gasteiger partial charge on any atom is 0.483 e. The largest absolute Gasteiger partial charge is 0.483 e. The minimum absolute atomic E-state index is 0.144. The van der Waals surface area contributed by atoms with Crippen molar-refractivity contribution in [2.45, 2.75) is 24.7 Å². The molecule has 0 spiro atoms. The van der Waals surface area contributed by atoms with Crippen LogP contribution >= 0.6 is 15.6 Å². The van der Waals surface area contributed by atoms with Crippen LogP contribution < -0.4 is 11.3 Å². The van der Waals surface area contributed by atoms with Crippen molar-refractivity contribution in [1.82, 2.24) is 19.5 Å². The van der Waals surface area contributed by atoms with Crippen LogP contribution in [-0.4, -0.2) is 57.7 Å². The SMILES string of the molecule is [N-]=[N+]=N[C@@H]1[C@@H](OP(=O)(O)OP(=O)(O)O)O[C@@H](n2cnc3c(=O)[nH]c(N)nc32)[C@@H]1O. The van der Waals surface area contributed by atoms with Crippen molar-refractivity contribution in [2.24, 2.45) is 5.11 Å². The van der Waals surface area contributed by atoms with Crippen molar-refractivity contribution in [2.75, 3.05) is 5.73 Å². The molecule has 29 heavy (non-hydrogen) atoms. The van der Waals surface area contributed by atoms with Gasteiger partial charge in [0.25, 0.3) is 5.56 Å². The van der Waals surface area contributed by atoms with E-state index in [-0.39, 0.29) is 17.1 Å². The molecule has 7 N–H and O–H groups in total. The third kappa shape index (κ3) is 4.47. The minimum atomic E-state index is -5.44. The Morgan fingerprint density at radius 2 is 2.10 bits per heavy atom. The van der Waals surface area contributed by atoms with Gasteiger partial charge in [-0.3, -0.25) is 18.9 Å². The lowest BCUT2D eigenvalue weighted by molar-refractivity contribution is -0.116. The molecule has 0 aromatic carbocycles. The van der Waals surface area contributed by atoms with Crippen LogP contribution in [0.2, 0.25) is 0 Å². The molecule has 0 bridgehead atoms. The van der Waals surface area contributed by atoms with Crippen LogP contribution in [0.1, 0.15) is 6.23 Å². The van der Waals surface area contributed by atoms with Gasteiger partial charge in [-0.05, 0) is 5.53 Å². The fourth-order valence-electron chi connectivity index (χ4n) is 2.54. The zero-order chi connectivity index (χ0) is 21.6. The number of anilines is 1. The maximum absolute atomic E-state index is 11.9. The summed E-state index contributed by atoms with van der Waals surface area (Å²) in [7, 11) is -10.9. The summed E-state index contributed by atoms with van der Waals surface area (Å²) >= 11 is 0. The number of phosphoric acid groups is 2. The number of aliphatic hydroxyl groups excluding tert-OH is 1. The number of hydrogen-bond acceptors (Lipinski definition) is 11. The molecular formula is C9H12N8O10P2. The van der Waals surface area contributed by atoms with E-state index < -0.39 is 45.9 Å². The lowest BCUT2D eigenvalue weighted by Gasteiger charge is -2.19. The van der Waals surface area contributed by atoms with E-state index in [1.165, 1.54) is 0 Å². The molecule has 20 heteroatoms. The zero-order valence-corrected chi connectivity index (χ0v) is 15.6. The van der Waals surface area contributed by atoms with Gasteiger partial charge in [0.1, 0.15) is 12.1 Å². The highest BCUT2D eigenvalue weighted by molar-refractivity contribution is 7.60. The Hall–Kier alpha value is -2.36. The van der Waals surface area contributed by atoms with Crippen LogP contribution in [0.15, 0.2) is 16.2 Å². The van der Waals surface area contributed by atoms with E-state index in [0.29, 0.717) is 0 Å². The summed E-state index contributed by atoms with van der Waals surface area (Å²) in [6.45, 7) is 0. The van der Waals surface area contributed by atoms with E-state index in [4.69, 9.17) is 25.8 Å². The molecule has 1 aliphatic heterocycles. The van der Waals surface area contributed by atoms with Gasteiger partial charge in [-0.1, -0.05) is 5.11 Å². The highest BCUT2D eigenvalue weighted by Gasteiger charge is 2.49. The summed E-state index contributed by atoms with van der Waals surface area (Å²) < 4.78 is 36.9. The van der Waals surface area contributed by atoms with Gasteiger partial charge in [-0.15, -0.1) is 0 Å². The number of phosphoric ester groups is 1. The number of ether oxygens (including phenoxy) is 1. The molecule has 0 aliphatic carbocycles. The predicted octanol–water partition coefficient (Wildman–Crippen LogP) is -1.18. The van der Waals surface area contributed by atoms with Crippen molar-refractivity contribution in [3.8, 4) is 0 Å². The van der Waals surface area contributed by atoms with Crippen molar-refractivity contribution in [3.63, 3.8) is 0 Å². The number of rotatable bonds is 6. The van der Waals surface area contributed by atoms with Crippen LogP contribution in [0.25, 0.3) is 21.6 Å². The van der Waals surface area contributed by atoms with Gasteiger partial charge in [-0.25, -0.2) is 14.1 Å². The number of fused-ring (bicyclic) bond motifs is 1. The number of aliphatic hydroxyl groups is 1. The standard InChI is InChI=1S/C9H12N8O10P2/c10-9-13-5-3(6(19)14-9)12-1-17(5)7-4(18)2(15-16-11)8(25-7)26-29(23,24)27-28(20,21)22/h1-2,4,7-8,18H,(H,23,24)(H2,20,21,22)(H3,10,13,14,19)/t2-,4+,7+,8+/m0/s1. The Kier molecular flexibility index (Phi) is 5.50. The second-order valence-electron chi connectivity index (χ2n) is 5.50. The molecule has 2 aromatic heterocycles. The minimum Gasteiger partial charge on any atom is -0.388 e. The van der Waals surface area contributed by atoms with Gasteiger partial charge >= 0.3 is 15.6 Å². The molecule has 3 rings (SSSR count). The normalized spacial score (nSPS) is 26.9. The quantitative estimate of drug-likeness (QED) is 0.130. The molecule has 2 aromatic rings. The summed E-state index contributed by atoms with van der Waals surface area (Å²) in [5.74, 6) is -0.286. The average Bonchev–Trinajstić information content (AvgIpc) is 3.08. The average molecular weight is 454 g/mol. The van der Waals surface area contributed by atoms with Gasteiger partial charge in [0.15, 0.2) is 23.7 Å². The summed E-state index contributed by atoms with van der Waals surface area (Å²) in [4.78, 5) is 50.9.